The van der Waals surface area contributed by atoms with Gasteiger partial charge < -0.3 is 24.1 Å². The molecule has 1 N–H and O–H groups in total. The highest BCUT2D eigenvalue weighted by Crippen LogP contribution is 2.45. The molecule has 2 aliphatic heterocycles. The highest BCUT2D eigenvalue weighted by Gasteiger charge is 2.48. The van der Waals surface area contributed by atoms with E-state index in [1.54, 1.807) is 49.4 Å². The zero-order valence-corrected chi connectivity index (χ0v) is 21.9. The quantitative estimate of drug-likeness (QED) is 0.152. The Morgan fingerprint density at radius 1 is 1.21 bits per heavy atom. The summed E-state index contributed by atoms with van der Waals surface area (Å²) in [6.45, 7) is 5.89. The SMILES string of the molecule is C=CCOC(=O)c1sc(N2C(=O)C(=O)C(=C(O)c3ccc4c(c3)OCCO4)C2c2cccc(OC)c2)nc1C. The first-order valence-electron chi connectivity index (χ1n) is 11.9. The maximum absolute atomic E-state index is 13.5. The van der Waals surface area contributed by atoms with Gasteiger partial charge in [-0.1, -0.05) is 36.1 Å². The van der Waals surface area contributed by atoms with Gasteiger partial charge in [-0.3, -0.25) is 14.5 Å². The van der Waals surface area contributed by atoms with Crippen LogP contribution in [0.5, 0.6) is 17.2 Å². The Labute approximate surface area is 227 Å². The van der Waals surface area contributed by atoms with E-state index in [0.717, 1.165) is 11.3 Å². The van der Waals surface area contributed by atoms with Crippen molar-refractivity contribution in [3.63, 3.8) is 0 Å². The van der Waals surface area contributed by atoms with Gasteiger partial charge in [-0.25, -0.2) is 9.78 Å². The molecule has 0 aliphatic carbocycles. The van der Waals surface area contributed by atoms with Gasteiger partial charge in [0.2, 0.25) is 0 Å². The maximum atomic E-state index is 13.5. The number of aliphatic hydroxyl groups is 1. The van der Waals surface area contributed by atoms with E-state index in [0.29, 0.717) is 41.7 Å². The molecule has 39 heavy (non-hydrogen) atoms. The minimum Gasteiger partial charge on any atom is -0.507 e. The van der Waals surface area contributed by atoms with Gasteiger partial charge in [-0.15, -0.1) is 0 Å². The van der Waals surface area contributed by atoms with E-state index in [1.165, 1.54) is 18.1 Å². The number of esters is 1. The number of aliphatic hydroxyl groups excluding tert-OH is 1. The normalized spacial score (nSPS) is 17.7. The number of carbonyl (C=O) groups excluding carboxylic acids is 3. The number of amides is 1. The van der Waals surface area contributed by atoms with Crippen molar-refractivity contribution in [3.05, 3.63) is 82.4 Å². The smallest absolute Gasteiger partial charge is 0.350 e. The van der Waals surface area contributed by atoms with E-state index in [1.807, 2.05) is 0 Å². The summed E-state index contributed by atoms with van der Waals surface area (Å²) in [5.74, 6) is -1.41. The van der Waals surface area contributed by atoms with Crippen molar-refractivity contribution in [2.45, 2.75) is 13.0 Å². The van der Waals surface area contributed by atoms with Gasteiger partial charge in [0.15, 0.2) is 16.6 Å². The zero-order chi connectivity index (χ0) is 27.7. The van der Waals surface area contributed by atoms with E-state index in [4.69, 9.17) is 18.9 Å². The summed E-state index contributed by atoms with van der Waals surface area (Å²) >= 11 is 0.919. The third kappa shape index (κ3) is 4.72. The first kappa shape index (κ1) is 26.0. The van der Waals surface area contributed by atoms with E-state index in [2.05, 4.69) is 11.6 Å². The monoisotopic (exact) mass is 548 g/mol. The number of carbonyl (C=O) groups is 3. The molecule has 3 aromatic rings. The van der Waals surface area contributed by atoms with Crippen LogP contribution in [0.4, 0.5) is 5.13 Å². The molecule has 1 fully saturated rings. The van der Waals surface area contributed by atoms with Crippen LogP contribution in [0.3, 0.4) is 0 Å². The van der Waals surface area contributed by atoms with Gasteiger partial charge in [-0.2, -0.15) is 0 Å². The van der Waals surface area contributed by atoms with Gasteiger partial charge in [0.05, 0.1) is 24.4 Å². The molecule has 0 spiro atoms. The molecule has 1 unspecified atom stereocenters. The van der Waals surface area contributed by atoms with Crippen LogP contribution in [-0.2, 0) is 14.3 Å². The molecule has 0 radical (unpaired) electrons. The average Bonchev–Trinajstić information content (AvgIpc) is 3.47. The van der Waals surface area contributed by atoms with Gasteiger partial charge >= 0.3 is 11.9 Å². The Kier molecular flexibility index (Phi) is 7.07. The zero-order valence-electron chi connectivity index (χ0n) is 21.1. The fraction of sp³-hybridized carbons (Fsp3) is 0.214. The number of aryl methyl sites for hydroxylation is 1. The minimum atomic E-state index is -1.06. The molecule has 3 heterocycles. The van der Waals surface area contributed by atoms with Crippen LogP contribution in [0.2, 0.25) is 0 Å². The number of ketones is 1. The van der Waals surface area contributed by atoms with Crippen molar-refractivity contribution >= 4 is 39.9 Å². The lowest BCUT2D eigenvalue weighted by atomic mass is 9.95. The van der Waals surface area contributed by atoms with Crippen LogP contribution in [-0.4, -0.2) is 54.7 Å². The number of benzene rings is 2. The first-order valence-corrected chi connectivity index (χ1v) is 12.8. The Morgan fingerprint density at radius 2 is 1.97 bits per heavy atom. The van der Waals surface area contributed by atoms with Crippen molar-refractivity contribution in [2.75, 3.05) is 31.8 Å². The van der Waals surface area contributed by atoms with Crippen LogP contribution in [0.15, 0.2) is 60.7 Å². The van der Waals surface area contributed by atoms with Crippen molar-refractivity contribution in [1.82, 2.24) is 4.98 Å². The molecule has 0 saturated carbocycles. The second kappa shape index (κ2) is 10.6. The van der Waals surface area contributed by atoms with Crippen molar-refractivity contribution < 1.29 is 38.4 Å². The molecule has 10 nitrogen and oxygen atoms in total. The highest BCUT2D eigenvalue weighted by molar-refractivity contribution is 7.17. The second-order valence-electron chi connectivity index (χ2n) is 8.60. The summed E-state index contributed by atoms with van der Waals surface area (Å²) in [4.78, 5) is 45.3. The van der Waals surface area contributed by atoms with Crippen LogP contribution in [0.25, 0.3) is 5.76 Å². The van der Waals surface area contributed by atoms with Crippen LogP contribution < -0.4 is 19.1 Å². The number of hydrogen-bond donors (Lipinski definition) is 1. The van der Waals surface area contributed by atoms with Crippen LogP contribution >= 0.6 is 11.3 Å². The van der Waals surface area contributed by atoms with Gasteiger partial charge in [0.25, 0.3) is 5.78 Å². The van der Waals surface area contributed by atoms with Gasteiger partial charge in [-0.05, 0) is 42.8 Å². The number of nitrogens with zero attached hydrogens (tertiary/aromatic N) is 2. The van der Waals surface area contributed by atoms with Gasteiger partial charge in [0, 0.05) is 5.56 Å². The molecule has 1 saturated heterocycles. The van der Waals surface area contributed by atoms with E-state index >= 15 is 0 Å². The number of thiazole rings is 1. The number of ether oxygens (including phenoxy) is 4. The molecule has 1 atom stereocenters. The lowest BCUT2D eigenvalue weighted by molar-refractivity contribution is -0.132. The van der Waals surface area contributed by atoms with Crippen LogP contribution in [0.1, 0.15) is 32.5 Å². The molecule has 2 aliphatic rings. The fourth-order valence-corrected chi connectivity index (χ4v) is 5.37. The number of aromatic nitrogens is 1. The van der Waals surface area contributed by atoms with Crippen molar-refractivity contribution in [2.24, 2.45) is 0 Å². The largest absolute Gasteiger partial charge is 0.507 e. The standard InChI is InChI=1S/C28H24N2O8S/c1-4-10-38-27(34)25-15(2)29-28(39-25)30-22(16-6-5-7-18(13-16)35-3)21(24(32)26(30)33)23(31)17-8-9-19-20(14-17)37-12-11-36-19/h4-9,13-14,22,31H,1,10-12H2,2-3H3. The summed E-state index contributed by atoms with van der Waals surface area (Å²) in [5, 5.41) is 11.5. The van der Waals surface area contributed by atoms with E-state index in [9.17, 15) is 19.5 Å². The molecular formula is C28H24N2O8S. The van der Waals surface area contributed by atoms with Gasteiger partial charge in [0.1, 0.15) is 36.2 Å². The number of fused-ring (bicyclic) bond motifs is 1. The number of hydrogen-bond acceptors (Lipinski definition) is 10. The first-order chi connectivity index (χ1) is 18.8. The molecule has 200 valence electrons. The Hall–Kier alpha value is -4.64. The van der Waals surface area contributed by atoms with Crippen molar-refractivity contribution in [3.8, 4) is 17.2 Å². The summed E-state index contributed by atoms with van der Waals surface area (Å²) in [6, 6.07) is 10.5. The lowest BCUT2D eigenvalue weighted by Gasteiger charge is -2.23. The number of anilines is 1. The number of Topliss-reactive ketones (excluding diaryl/α,β-unsaturated/α-hetero) is 1. The summed E-state index contributed by atoms with van der Waals surface area (Å²) in [5.41, 5.74) is 0.959. The number of methoxy groups -OCH3 is 1. The van der Waals surface area contributed by atoms with Crippen molar-refractivity contribution in [1.29, 1.82) is 0 Å². The minimum absolute atomic E-state index is 0.00929. The molecule has 2 aromatic carbocycles. The summed E-state index contributed by atoms with van der Waals surface area (Å²) < 4.78 is 21.7. The van der Waals surface area contributed by atoms with Crippen LogP contribution in [0, 0.1) is 6.92 Å². The molecule has 1 aromatic heterocycles. The fourth-order valence-electron chi connectivity index (χ4n) is 4.38. The maximum Gasteiger partial charge on any atom is 0.350 e. The molecule has 0 bridgehead atoms. The Balaban J connectivity index is 1.66. The Bertz CT molecular complexity index is 1530. The predicted octanol–water partition coefficient (Wildman–Crippen LogP) is 4.20. The topological polar surface area (TPSA) is 124 Å². The average molecular weight is 549 g/mol. The second-order valence-corrected chi connectivity index (χ2v) is 9.58. The molecule has 1 amide bonds. The molecule has 11 heteroatoms. The molecular weight excluding hydrogens is 524 g/mol. The molecule has 5 rings (SSSR count). The summed E-state index contributed by atoms with van der Waals surface area (Å²) in [6.07, 6.45) is 1.44. The highest BCUT2D eigenvalue weighted by atomic mass is 32.1. The third-order valence-corrected chi connectivity index (χ3v) is 7.32. The van der Waals surface area contributed by atoms with E-state index < -0.39 is 23.7 Å². The third-order valence-electron chi connectivity index (χ3n) is 6.18. The lowest BCUT2D eigenvalue weighted by Crippen LogP contribution is -2.29. The summed E-state index contributed by atoms with van der Waals surface area (Å²) in [7, 11) is 1.50. The predicted molar refractivity (Wildman–Crippen MR) is 143 cm³/mol. The van der Waals surface area contributed by atoms with E-state index in [-0.39, 0.29) is 33.5 Å². The number of rotatable bonds is 7. The Morgan fingerprint density at radius 3 is 2.72 bits per heavy atom.